The van der Waals surface area contributed by atoms with E-state index in [2.05, 4.69) is 25.4 Å². The van der Waals surface area contributed by atoms with Crippen LogP contribution in [0.2, 0.25) is 10.0 Å². The van der Waals surface area contributed by atoms with Crippen LogP contribution in [0.15, 0.2) is 45.8 Å². The largest absolute Gasteiger partial charge is 0.495 e. The van der Waals surface area contributed by atoms with Crippen molar-refractivity contribution in [2.75, 3.05) is 17.1 Å². The van der Waals surface area contributed by atoms with Gasteiger partial charge in [0.2, 0.25) is 0 Å². The molecule has 31 heavy (non-hydrogen) atoms. The van der Waals surface area contributed by atoms with Gasteiger partial charge in [0.15, 0.2) is 17.2 Å². The van der Waals surface area contributed by atoms with Gasteiger partial charge in [-0.05, 0) is 24.6 Å². The first-order valence-corrected chi connectivity index (χ1v) is 11.3. The van der Waals surface area contributed by atoms with E-state index in [0.717, 1.165) is 12.1 Å². The van der Waals surface area contributed by atoms with E-state index in [0.29, 0.717) is 28.2 Å². The van der Waals surface area contributed by atoms with E-state index in [4.69, 9.17) is 32.5 Å². The van der Waals surface area contributed by atoms with Crippen LogP contribution in [0.3, 0.4) is 0 Å². The molecule has 0 saturated carbocycles. The summed E-state index contributed by atoms with van der Waals surface area (Å²) in [6, 6.07) is 9.46. The van der Waals surface area contributed by atoms with Crippen LogP contribution in [-0.4, -0.2) is 30.9 Å². The molecule has 3 N–H and O–H groups in total. The van der Waals surface area contributed by atoms with Crippen molar-refractivity contribution >= 4 is 61.5 Å². The maximum absolute atomic E-state index is 12.8. The first-order valence-electron chi connectivity index (χ1n) is 9.08. The average Bonchev–Trinajstić information content (AvgIpc) is 3.35. The number of sulfonamides is 1. The van der Waals surface area contributed by atoms with Crippen molar-refractivity contribution in [1.82, 2.24) is 15.4 Å². The Labute approximate surface area is 187 Å². The average molecular weight is 482 g/mol. The monoisotopic (exact) mass is 481 g/mol. The summed E-state index contributed by atoms with van der Waals surface area (Å²) in [7, 11) is -2.57. The third-order valence-electron chi connectivity index (χ3n) is 4.50. The molecule has 0 atom stereocenters. The van der Waals surface area contributed by atoms with E-state index < -0.39 is 10.0 Å². The number of hydrogen-bond acceptors (Lipinski definition) is 7. The van der Waals surface area contributed by atoms with E-state index in [9.17, 15) is 8.42 Å². The summed E-state index contributed by atoms with van der Waals surface area (Å²) in [4.78, 5) is -0.173. The van der Waals surface area contributed by atoms with Crippen molar-refractivity contribution in [3.8, 4) is 5.75 Å². The number of nitrogens with one attached hydrogen (secondary N) is 3. The summed E-state index contributed by atoms with van der Waals surface area (Å²) >= 11 is 12.0. The molecule has 2 heterocycles. The van der Waals surface area contributed by atoms with Crippen LogP contribution in [0.4, 0.5) is 17.3 Å². The molecule has 0 saturated heterocycles. The lowest BCUT2D eigenvalue weighted by Crippen LogP contribution is -2.14. The van der Waals surface area contributed by atoms with Crippen molar-refractivity contribution in [3.05, 3.63) is 52.1 Å². The van der Waals surface area contributed by atoms with E-state index in [1.807, 2.05) is 13.0 Å². The Balaban J connectivity index is 1.69. The van der Waals surface area contributed by atoms with Crippen LogP contribution >= 0.6 is 23.2 Å². The van der Waals surface area contributed by atoms with Crippen molar-refractivity contribution in [2.24, 2.45) is 0 Å². The quantitative estimate of drug-likeness (QED) is 0.340. The van der Waals surface area contributed by atoms with E-state index in [1.165, 1.54) is 25.3 Å². The van der Waals surface area contributed by atoms with Gasteiger partial charge in [-0.1, -0.05) is 41.3 Å². The molecule has 4 rings (SSSR count). The number of H-pyrrole nitrogens is 1. The first-order chi connectivity index (χ1) is 14.8. The highest BCUT2D eigenvalue weighted by Gasteiger charge is 2.23. The van der Waals surface area contributed by atoms with Crippen LogP contribution in [0, 0.1) is 0 Å². The molecule has 12 heteroatoms. The zero-order valence-electron chi connectivity index (χ0n) is 16.4. The predicted molar refractivity (Wildman–Crippen MR) is 119 cm³/mol. The Bertz CT molecular complexity index is 1370. The Hall–Kier alpha value is -2.95. The van der Waals surface area contributed by atoms with Gasteiger partial charge in [-0.15, -0.1) is 0 Å². The zero-order valence-corrected chi connectivity index (χ0v) is 18.7. The lowest BCUT2D eigenvalue weighted by molar-refractivity contribution is 0.417. The minimum atomic E-state index is -4.07. The van der Waals surface area contributed by atoms with Crippen LogP contribution in [0.5, 0.6) is 5.75 Å². The van der Waals surface area contributed by atoms with Gasteiger partial charge in [0.25, 0.3) is 10.0 Å². The second-order valence-electron chi connectivity index (χ2n) is 6.49. The van der Waals surface area contributed by atoms with Crippen LogP contribution in [-0.2, 0) is 16.4 Å². The molecule has 0 spiro atoms. The maximum atomic E-state index is 12.8. The number of rotatable bonds is 7. The molecule has 0 bridgehead atoms. The molecular formula is C19H17Cl2N5O4S. The minimum Gasteiger partial charge on any atom is -0.495 e. The summed E-state index contributed by atoms with van der Waals surface area (Å²) in [5.41, 5.74) is 1.88. The third kappa shape index (κ3) is 4.14. The first kappa shape index (κ1) is 21.3. The number of ether oxygens (including phenoxy) is 1. The van der Waals surface area contributed by atoms with Gasteiger partial charge in [-0.2, -0.15) is 5.10 Å². The van der Waals surface area contributed by atoms with Crippen LogP contribution < -0.4 is 14.8 Å². The SMILES string of the molecule is CCc1cc(Nc2cc3onc(NS(=O)(=O)c4cccc(Cl)c4Cl)c3cc2OC)n[nH]1. The lowest BCUT2D eigenvalue weighted by atomic mass is 10.2. The van der Waals surface area contributed by atoms with Gasteiger partial charge in [-0.25, -0.2) is 8.42 Å². The van der Waals surface area contributed by atoms with Gasteiger partial charge in [-0.3, -0.25) is 9.82 Å². The topological polar surface area (TPSA) is 122 Å². The van der Waals surface area contributed by atoms with Crippen molar-refractivity contribution in [1.29, 1.82) is 0 Å². The third-order valence-corrected chi connectivity index (χ3v) is 6.82. The smallest absolute Gasteiger partial charge is 0.264 e. The second kappa shape index (κ2) is 8.29. The number of halogens is 2. The number of methoxy groups -OCH3 is 1. The Morgan fingerprint density at radius 3 is 2.74 bits per heavy atom. The Morgan fingerprint density at radius 1 is 1.23 bits per heavy atom. The second-order valence-corrected chi connectivity index (χ2v) is 8.93. The molecule has 0 unspecified atom stereocenters. The predicted octanol–water partition coefficient (Wildman–Crippen LogP) is 4.97. The Morgan fingerprint density at radius 2 is 2.03 bits per heavy atom. The number of benzene rings is 2. The highest BCUT2D eigenvalue weighted by molar-refractivity contribution is 7.92. The molecule has 0 radical (unpaired) electrons. The Kier molecular flexibility index (Phi) is 5.69. The van der Waals surface area contributed by atoms with Gasteiger partial charge in [0.05, 0.1) is 28.2 Å². The molecule has 0 aliphatic rings. The molecule has 0 amide bonds. The van der Waals surface area contributed by atoms with E-state index in [1.54, 1.807) is 12.1 Å². The number of anilines is 3. The summed E-state index contributed by atoms with van der Waals surface area (Å²) in [5.74, 6) is 1.03. The maximum Gasteiger partial charge on any atom is 0.264 e. The van der Waals surface area contributed by atoms with Crippen LogP contribution in [0.1, 0.15) is 12.6 Å². The summed E-state index contributed by atoms with van der Waals surface area (Å²) in [5, 5.41) is 14.5. The van der Waals surface area contributed by atoms with E-state index in [-0.39, 0.29) is 20.8 Å². The van der Waals surface area contributed by atoms with Crippen LogP contribution in [0.25, 0.3) is 11.0 Å². The zero-order chi connectivity index (χ0) is 22.2. The number of fused-ring (bicyclic) bond motifs is 1. The fourth-order valence-electron chi connectivity index (χ4n) is 2.92. The number of aryl methyl sites for hydroxylation is 1. The molecule has 0 aliphatic carbocycles. The molecule has 2 aromatic carbocycles. The number of aromatic nitrogens is 3. The number of nitrogens with zero attached hydrogens (tertiary/aromatic N) is 2. The van der Waals surface area contributed by atoms with Crippen molar-refractivity contribution < 1.29 is 17.7 Å². The molecule has 2 aromatic heterocycles. The highest BCUT2D eigenvalue weighted by atomic mass is 35.5. The fraction of sp³-hybridized carbons (Fsp3) is 0.158. The fourth-order valence-corrected chi connectivity index (χ4v) is 4.70. The highest BCUT2D eigenvalue weighted by Crippen LogP contribution is 2.37. The minimum absolute atomic E-state index is 0.0102. The van der Waals surface area contributed by atoms with Gasteiger partial charge >= 0.3 is 0 Å². The summed E-state index contributed by atoms with van der Waals surface area (Å²) in [6.07, 6.45) is 0.813. The molecule has 4 aromatic rings. The van der Waals surface area contributed by atoms with Gasteiger partial charge < -0.3 is 14.6 Å². The summed E-state index contributed by atoms with van der Waals surface area (Å²) in [6.45, 7) is 2.01. The molecule has 9 nitrogen and oxygen atoms in total. The lowest BCUT2D eigenvalue weighted by Gasteiger charge is -2.10. The van der Waals surface area contributed by atoms with Gasteiger partial charge in [0, 0.05) is 17.8 Å². The van der Waals surface area contributed by atoms with Crippen molar-refractivity contribution in [2.45, 2.75) is 18.2 Å². The van der Waals surface area contributed by atoms with E-state index >= 15 is 0 Å². The molecule has 0 aliphatic heterocycles. The van der Waals surface area contributed by atoms with Crippen molar-refractivity contribution in [3.63, 3.8) is 0 Å². The normalized spacial score (nSPS) is 11.6. The number of aromatic amines is 1. The summed E-state index contributed by atoms with van der Waals surface area (Å²) < 4.78 is 38.8. The standard InChI is InChI=1S/C19H17Cl2N5O4S/c1-3-10-7-17(24-23-10)22-13-9-14-11(8-15(13)29-2)19(25-30-14)26-31(27,28)16-6-4-5-12(20)18(16)21/h4-9H,3H2,1-2H3,(H,25,26)(H2,22,23,24). The number of hydrogen-bond donors (Lipinski definition) is 3. The van der Waals surface area contributed by atoms with Gasteiger partial charge in [0.1, 0.15) is 10.6 Å². The molecular weight excluding hydrogens is 465 g/mol. The molecule has 162 valence electrons. The molecule has 0 fully saturated rings.